The van der Waals surface area contributed by atoms with E-state index in [0.29, 0.717) is 16.6 Å². The highest BCUT2D eigenvalue weighted by Crippen LogP contribution is 2.22. The predicted molar refractivity (Wildman–Crippen MR) is 110 cm³/mol. The number of hydrogen-bond acceptors (Lipinski definition) is 5. The van der Waals surface area contributed by atoms with E-state index in [1.165, 1.54) is 29.5 Å². The molecule has 1 aliphatic rings. The molecule has 6 nitrogen and oxygen atoms in total. The van der Waals surface area contributed by atoms with Crippen molar-refractivity contribution in [3.05, 3.63) is 23.0 Å². The molecule has 2 heterocycles. The number of amides is 2. The predicted octanol–water partition coefficient (Wildman–Crippen LogP) is 2.81. The zero-order chi connectivity index (χ0) is 19.4. The molecule has 0 radical (unpaired) electrons. The SMILES string of the molecule is COc1ccc2c(c1)sc(=NC(=O)CSCC(=O)N1CCCCC1C)n2C. The molecule has 0 saturated carbocycles. The molecule has 1 fully saturated rings. The smallest absolute Gasteiger partial charge is 0.258 e. The van der Waals surface area contributed by atoms with Gasteiger partial charge in [-0.2, -0.15) is 4.99 Å². The van der Waals surface area contributed by atoms with Crippen LogP contribution in [0, 0.1) is 0 Å². The monoisotopic (exact) mass is 407 g/mol. The number of methoxy groups -OCH3 is 1. The largest absolute Gasteiger partial charge is 0.497 e. The summed E-state index contributed by atoms with van der Waals surface area (Å²) in [7, 11) is 3.53. The molecule has 1 aromatic heterocycles. The molecule has 0 bridgehead atoms. The number of benzene rings is 1. The first kappa shape index (κ1) is 19.9. The normalized spacial score (nSPS) is 18.1. The third kappa shape index (κ3) is 4.73. The molecule has 0 aliphatic carbocycles. The lowest BCUT2D eigenvalue weighted by Gasteiger charge is -2.33. The molecule has 27 heavy (non-hydrogen) atoms. The second-order valence-corrected chi connectivity index (χ2v) is 8.70. The highest BCUT2D eigenvalue weighted by molar-refractivity contribution is 8.00. The topological polar surface area (TPSA) is 63.9 Å². The second kappa shape index (κ2) is 8.93. The van der Waals surface area contributed by atoms with Crippen LogP contribution in [0.4, 0.5) is 0 Å². The minimum absolute atomic E-state index is 0.125. The Kier molecular flexibility index (Phi) is 6.59. The van der Waals surface area contributed by atoms with E-state index in [4.69, 9.17) is 4.74 Å². The van der Waals surface area contributed by atoms with Crippen LogP contribution >= 0.6 is 23.1 Å². The van der Waals surface area contributed by atoms with Crippen molar-refractivity contribution in [3.8, 4) is 5.75 Å². The van der Waals surface area contributed by atoms with Crippen LogP contribution in [0.3, 0.4) is 0 Å². The molecule has 146 valence electrons. The van der Waals surface area contributed by atoms with Crippen molar-refractivity contribution in [3.63, 3.8) is 0 Å². The molecule has 3 rings (SSSR count). The van der Waals surface area contributed by atoms with Crippen molar-refractivity contribution in [2.45, 2.75) is 32.2 Å². The molecule has 0 spiro atoms. The number of fused-ring (bicyclic) bond motifs is 1. The van der Waals surface area contributed by atoms with Crippen LogP contribution in [0.1, 0.15) is 26.2 Å². The zero-order valence-electron chi connectivity index (χ0n) is 15.9. The van der Waals surface area contributed by atoms with Crippen molar-refractivity contribution < 1.29 is 14.3 Å². The van der Waals surface area contributed by atoms with Crippen molar-refractivity contribution in [1.82, 2.24) is 9.47 Å². The van der Waals surface area contributed by atoms with Gasteiger partial charge in [-0.25, -0.2) is 0 Å². The zero-order valence-corrected chi connectivity index (χ0v) is 17.6. The lowest BCUT2D eigenvalue weighted by molar-refractivity contribution is -0.131. The van der Waals surface area contributed by atoms with Gasteiger partial charge in [0.05, 0.1) is 28.8 Å². The number of aromatic nitrogens is 1. The maximum atomic E-state index is 12.3. The van der Waals surface area contributed by atoms with Gasteiger partial charge in [-0.05, 0) is 44.4 Å². The average molecular weight is 408 g/mol. The fourth-order valence-corrected chi connectivity index (χ4v) is 5.01. The van der Waals surface area contributed by atoms with Crippen LogP contribution in [0.15, 0.2) is 23.2 Å². The van der Waals surface area contributed by atoms with Crippen molar-refractivity contribution in [2.75, 3.05) is 25.2 Å². The molecule has 1 unspecified atom stereocenters. The Labute approximate surface area is 167 Å². The molecule has 1 atom stereocenters. The summed E-state index contributed by atoms with van der Waals surface area (Å²) in [4.78, 5) is 31.4. The van der Waals surface area contributed by atoms with Gasteiger partial charge in [0, 0.05) is 19.6 Å². The summed E-state index contributed by atoms with van der Waals surface area (Å²) in [6, 6.07) is 6.10. The number of aryl methyl sites for hydroxylation is 1. The van der Waals surface area contributed by atoms with Crippen LogP contribution in [0.25, 0.3) is 10.2 Å². The standard InChI is InChI=1S/C19H25N3O3S2/c1-13-6-4-5-9-22(13)18(24)12-26-11-17(23)20-19-21(2)15-8-7-14(25-3)10-16(15)27-19/h7-8,10,13H,4-6,9,11-12H2,1-3H3. The van der Waals surface area contributed by atoms with Crippen molar-refractivity contribution in [1.29, 1.82) is 0 Å². The molecule has 0 N–H and O–H groups in total. The number of rotatable bonds is 5. The Balaban J connectivity index is 1.61. The van der Waals surface area contributed by atoms with E-state index in [-0.39, 0.29) is 17.6 Å². The summed E-state index contributed by atoms with van der Waals surface area (Å²) in [5.41, 5.74) is 1.01. The summed E-state index contributed by atoms with van der Waals surface area (Å²) < 4.78 is 8.17. The van der Waals surface area contributed by atoms with Crippen molar-refractivity contribution in [2.24, 2.45) is 12.0 Å². The van der Waals surface area contributed by atoms with Gasteiger partial charge >= 0.3 is 0 Å². The van der Waals surface area contributed by atoms with Crippen LogP contribution < -0.4 is 9.54 Å². The van der Waals surface area contributed by atoms with E-state index in [2.05, 4.69) is 11.9 Å². The number of carbonyl (C=O) groups excluding carboxylic acids is 2. The van der Waals surface area contributed by atoms with Crippen LogP contribution in [-0.2, 0) is 16.6 Å². The summed E-state index contributed by atoms with van der Waals surface area (Å²) in [5, 5.41) is 0. The van der Waals surface area contributed by atoms with Gasteiger partial charge in [-0.1, -0.05) is 11.3 Å². The Hall–Kier alpha value is -1.80. The van der Waals surface area contributed by atoms with E-state index in [1.54, 1.807) is 7.11 Å². The van der Waals surface area contributed by atoms with Crippen LogP contribution in [0.5, 0.6) is 5.75 Å². The number of thiazole rings is 1. The molecular formula is C19H25N3O3S2. The Morgan fingerprint density at radius 1 is 1.33 bits per heavy atom. The van der Waals surface area contributed by atoms with Crippen LogP contribution in [0.2, 0.25) is 0 Å². The number of piperidine rings is 1. The van der Waals surface area contributed by atoms with E-state index in [1.807, 2.05) is 34.7 Å². The van der Waals surface area contributed by atoms with Gasteiger partial charge < -0.3 is 14.2 Å². The van der Waals surface area contributed by atoms with Gasteiger partial charge in [0.1, 0.15) is 5.75 Å². The fourth-order valence-electron chi connectivity index (χ4n) is 3.26. The van der Waals surface area contributed by atoms with Gasteiger partial charge in [0.15, 0.2) is 4.80 Å². The number of likely N-dealkylation sites (tertiary alicyclic amines) is 1. The first-order chi connectivity index (χ1) is 13.0. The van der Waals surface area contributed by atoms with Crippen molar-refractivity contribution >= 4 is 45.1 Å². The van der Waals surface area contributed by atoms with E-state index >= 15 is 0 Å². The Morgan fingerprint density at radius 3 is 2.89 bits per heavy atom. The second-order valence-electron chi connectivity index (χ2n) is 6.71. The fraction of sp³-hybridized carbons (Fsp3) is 0.526. The first-order valence-corrected chi connectivity index (χ1v) is 11.0. The third-order valence-electron chi connectivity index (χ3n) is 4.81. The summed E-state index contributed by atoms with van der Waals surface area (Å²) in [5.74, 6) is 1.24. The number of hydrogen-bond donors (Lipinski definition) is 0. The minimum Gasteiger partial charge on any atom is -0.497 e. The molecule has 1 saturated heterocycles. The van der Waals surface area contributed by atoms with Gasteiger partial charge in [0.25, 0.3) is 5.91 Å². The van der Waals surface area contributed by atoms with Gasteiger partial charge in [0.2, 0.25) is 5.91 Å². The molecular weight excluding hydrogens is 382 g/mol. The molecule has 2 aromatic rings. The summed E-state index contributed by atoms with van der Waals surface area (Å²) in [6.07, 6.45) is 3.33. The number of thioether (sulfide) groups is 1. The van der Waals surface area contributed by atoms with Gasteiger partial charge in [-0.3, -0.25) is 9.59 Å². The Morgan fingerprint density at radius 2 is 2.15 bits per heavy atom. The highest BCUT2D eigenvalue weighted by atomic mass is 32.2. The van der Waals surface area contributed by atoms with E-state index in [9.17, 15) is 9.59 Å². The lowest BCUT2D eigenvalue weighted by atomic mass is 10.0. The lowest BCUT2D eigenvalue weighted by Crippen LogP contribution is -2.43. The highest BCUT2D eigenvalue weighted by Gasteiger charge is 2.22. The maximum Gasteiger partial charge on any atom is 0.258 e. The number of nitrogens with zero attached hydrogens (tertiary/aromatic N) is 3. The number of carbonyl (C=O) groups is 2. The molecule has 1 aromatic carbocycles. The third-order valence-corrected chi connectivity index (χ3v) is 6.81. The molecule has 2 amide bonds. The maximum absolute atomic E-state index is 12.3. The molecule has 1 aliphatic heterocycles. The summed E-state index contributed by atoms with van der Waals surface area (Å²) >= 11 is 2.80. The van der Waals surface area contributed by atoms with E-state index in [0.717, 1.165) is 35.4 Å². The average Bonchev–Trinajstić information content (AvgIpc) is 2.96. The quantitative estimate of drug-likeness (QED) is 0.765. The number of ether oxygens (including phenoxy) is 1. The minimum atomic E-state index is -0.214. The van der Waals surface area contributed by atoms with Gasteiger partial charge in [-0.15, -0.1) is 11.8 Å². The molecule has 8 heteroatoms. The Bertz CT molecular complexity index is 903. The van der Waals surface area contributed by atoms with E-state index < -0.39 is 0 Å². The van der Waals surface area contributed by atoms with Crippen LogP contribution in [-0.4, -0.2) is 52.5 Å². The first-order valence-electron chi connectivity index (χ1n) is 9.08. The summed E-state index contributed by atoms with van der Waals surface area (Å²) in [6.45, 7) is 2.93.